The van der Waals surface area contributed by atoms with Crippen LogP contribution < -0.4 is 10.6 Å². The predicted octanol–water partition coefficient (Wildman–Crippen LogP) is 2.58. The van der Waals surface area contributed by atoms with Crippen molar-refractivity contribution in [2.45, 2.75) is 47.2 Å². The number of hydrogen-bond donors (Lipinski definition) is 2. The Labute approximate surface area is 148 Å². The van der Waals surface area contributed by atoms with E-state index < -0.39 is 10.8 Å². The van der Waals surface area contributed by atoms with Crippen molar-refractivity contribution in [3.8, 4) is 12.1 Å². The molecule has 0 saturated heterocycles. The van der Waals surface area contributed by atoms with Gasteiger partial charge in [-0.1, -0.05) is 24.3 Å². The molecule has 1 atom stereocenters. The monoisotopic (exact) mass is 340 g/mol. The summed E-state index contributed by atoms with van der Waals surface area (Å²) in [5.41, 5.74) is -0.352. The smallest absolute Gasteiger partial charge is 0.240 e. The third kappa shape index (κ3) is 5.32. The zero-order chi connectivity index (χ0) is 19.3. The van der Waals surface area contributed by atoms with Crippen LogP contribution in [0.5, 0.6) is 0 Å². The molecule has 25 heavy (non-hydrogen) atoms. The van der Waals surface area contributed by atoms with Crippen LogP contribution in [-0.4, -0.2) is 11.8 Å². The summed E-state index contributed by atoms with van der Waals surface area (Å²) in [6.45, 7) is 8.45. The first kappa shape index (κ1) is 20.2. The van der Waals surface area contributed by atoms with Crippen molar-refractivity contribution in [3.63, 3.8) is 0 Å². The summed E-state index contributed by atoms with van der Waals surface area (Å²) in [4.78, 5) is 23.9. The number of carbonyl (C=O) groups excluding carboxylic acids is 2. The van der Waals surface area contributed by atoms with Crippen molar-refractivity contribution >= 4 is 11.8 Å². The highest BCUT2D eigenvalue weighted by Gasteiger charge is 2.28. The Balaban J connectivity index is 2.68. The maximum atomic E-state index is 12.0. The number of hydrogen-bond acceptors (Lipinski definition) is 4. The number of nitrogens with one attached hydrogen (secondary N) is 2. The molecule has 0 aromatic heterocycles. The van der Waals surface area contributed by atoms with Crippen LogP contribution in [0.1, 0.15) is 51.8 Å². The van der Waals surface area contributed by atoms with Crippen LogP contribution >= 0.6 is 0 Å². The fraction of sp³-hybridized carbons (Fsp3) is 0.474. The van der Waals surface area contributed by atoms with Crippen molar-refractivity contribution in [2.75, 3.05) is 0 Å². The van der Waals surface area contributed by atoms with Crippen LogP contribution in [0.25, 0.3) is 0 Å². The number of benzene rings is 1. The molecular formula is C19H24N4O2. The minimum Gasteiger partial charge on any atom is -0.351 e. The summed E-state index contributed by atoms with van der Waals surface area (Å²) < 4.78 is 0. The second kappa shape index (κ2) is 7.81. The van der Waals surface area contributed by atoms with E-state index in [9.17, 15) is 9.59 Å². The lowest BCUT2D eigenvalue weighted by atomic mass is 9.93. The van der Waals surface area contributed by atoms with E-state index >= 15 is 0 Å². The molecule has 0 aliphatic carbocycles. The Bertz CT molecular complexity index is 721. The molecular weight excluding hydrogens is 316 g/mol. The standard InChI is InChI=1S/C19H24N4O2/c1-13(23-17(25)19(4,5)12-21)15-8-6-14(7-9-15)10-22-16(24)18(2,3)11-20/h6-9,13H,10H2,1-5H3,(H,22,24)(H,23,25)/t13-/m1/s1. The zero-order valence-corrected chi connectivity index (χ0v) is 15.3. The maximum Gasteiger partial charge on any atom is 0.240 e. The van der Waals surface area contributed by atoms with Gasteiger partial charge >= 0.3 is 0 Å². The Morgan fingerprint density at radius 1 is 1.00 bits per heavy atom. The van der Waals surface area contributed by atoms with Gasteiger partial charge < -0.3 is 10.6 Å². The highest BCUT2D eigenvalue weighted by atomic mass is 16.2. The van der Waals surface area contributed by atoms with E-state index in [0.29, 0.717) is 6.54 Å². The van der Waals surface area contributed by atoms with E-state index in [1.807, 2.05) is 43.3 Å². The molecule has 0 aliphatic rings. The van der Waals surface area contributed by atoms with Crippen LogP contribution in [0.15, 0.2) is 24.3 Å². The molecule has 6 heteroatoms. The van der Waals surface area contributed by atoms with Crippen LogP contribution in [0.2, 0.25) is 0 Å². The first-order valence-electron chi connectivity index (χ1n) is 8.04. The molecule has 0 aliphatic heterocycles. The van der Waals surface area contributed by atoms with Crippen LogP contribution in [-0.2, 0) is 16.1 Å². The minimum absolute atomic E-state index is 0.235. The first-order chi connectivity index (χ1) is 11.5. The van der Waals surface area contributed by atoms with Crippen molar-refractivity contribution in [3.05, 3.63) is 35.4 Å². The lowest BCUT2D eigenvalue weighted by Gasteiger charge is -2.20. The Morgan fingerprint density at radius 3 is 1.96 bits per heavy atom. The molecule has 0 fully saturated rings. The predicted molar refractivity (Wildman–Crippen MR) is 93.6 cm³/mol. The second-order valence-corrected chi connectivity index (χ2v) is 7.09. The van der Waals surface area contributed by atoms with Crippen molar-refractivity contribution in [1.29, 1.82) is 10.5 Å². The van der Waals surface area contributed by atoms with Crippen LogP contribution in [0.3, 0.4) is 0 Å². The van der Waals surface area contributed by atoms with Crippen LogP contribution in [0.4, 0.5) is 0 Å². The molecule has 1 aromatic carbocycles. The summed E-state index contributed by atoms with van der Waals surface area (Å²) in [7, 11) is 0. The summed E-state index contributed by atoms with van der Waals surface area (Å²) in [6.07, 6.45) is 0. The fourth-order valence-electron chi connectivity index (χ4n) is 1.89. The molecule has 0 radical (unpaired) electrons. The summed E-state index contributed by atoms with van der Waals surface area (Å²) in [5, 5.41) is 23.5. The van der Waals surface area contributed by atoms with E-state index in [4.69, 9.17) is 10.5 Å². The Morgan fingerprint density at radius 2 is 1.48 bits per heavy atom. The summed E-state index contributed by atoms with van der Waals surface area (Å²) in [5.74, 6) is -0.643. The average molecular weight is 340 g/mol. The molecule has 2 N–H and O–H groups in total. The molecule has 0 spiro atoms. The van der Waals surface area contributed by atoms with Gasteiger partial charge in [0.2, 0.25) is 11.8 Å². The van der Waals surface area contributed by atoms with E-state index in [1.54, 1.807) is 27.7 Å². The normalized spacial score (nSPS) is 12.4. The second-order valence-electron chi connectivity index (χ2n) is 7.09. The molecule has 0 bridgehead atoms. The van der Waals surface area contributed by atoms with Gasteiger partial charge in [-0.2, -0.15) is 10.5 Å². The van der Waals surface area contributed by atoms with E-state index in [2.05, 4.69) is 10.6 Å². The Hall–Kier alpha value is -2.86. The zero-order valence-electron chi connectivity index (χ0n) is 15.3. The van der Waals surface area contributed by atoms with Crippen molar-refractivity contribution in [2.24, 2.45) is 10.8 Å². The van der Waals surface area contributed by atoms with Gasteiger partial charge in [0.15, 0.2) is 0 Å². The van der Waals surface area contributed by atoms with Gasteiger partial charge in [0, 0.05) is 6.54 Å². The molecule has 0 heterocycles. The van der Waals surface area contributed by atoms with E-state index in [-0.39, 0.29) is 17.9 Å². The Kier molecular flexibility index (Phi) is 6.30. The molecule has 1 rings (SSSR count). The fourth-order valence-corrected chi connectivity index (χ4v) is 1.89. The van der Waals surface area contributed by atoms with Gasteiger partial charge in [-0.25, -0.2) is 0 Å². The number of carbonyl (C=O) groups is 2. The molecule has 2 amide bonds. The number of amides is 2. The topological polar surface area (TPSA) is 106 Å². The third-order valence-electron chi connectivity index (χ3n) is 3.97. The van der Waals surface area contributed by atoms with Gasteiger partial charge in [0.25, 0.3) is 0 Å². The maximum absolute atomic E-state index is 12.0. The van der Waals surface area contributed by atoms with Crippen molar-refractivity contribution in [1.82, 2.24) is 10.6 Å². The van der Waals surface area contributed by atoms with Gasteiger partial charge in [-0.05, 0) is 45.7 Å². The highest BCUT2D eigenvalue weighted by molar-refractivity contribution is 5.85. The van der Waals surface area contributed by atoms with Crippen LogP contribution in [0, 0.1) is 33.5 Å². The van der Waals surface area contributed by atoms with Gasteiger partial charge in [-0.15, -0.1) is 0 Å². The van der Waals surface area contributed by atoms with Gasteiger partial charge in [-0.3, -0.25) is 9.59 Å². The minimum atomic E-state index is -1.08. The SMILES string of the molecule is C[C@@H](NC(=O)C(C)(C)C#N)c1ccc(CNC(=O)C(C)(C)C#N)cc1. The summed E-state index contributed by atoms with van der Waals surface area (Å²) in [6, 6.07) is 11.1. The molecule has 1 aromatic rings. The number of nitriles is 2. The number of nitrogens with zero attached hydrogens (tertiary/aromatic N) is 2. The quantitative estimate of drug-likeness (QED) is 0.830. The molecule has 6 nitrogen and oxygen atoms in total. The molecule has 0 unspecified atom stereocenters. The largest absolute Gasteiger partial charge is 0.351 e. The van der Waals surface area contributed by atoms with Gasteiger partial charge in [0.1, 0.15) is 10.8 Å². The lowest BCUT2D eigenvalue weighted by Crippen LogP contribution is -2.37. The highest BCUT2D eigenvalue weighted by Crippen LogP contribution is 2.19. The summed E-state index contributed by atoms with van der Waals surface area (Å²) >= 11 is 0. The molecule has 132 valence electrons. The first-order valence-corrected chi connectivity index (χ1v) is 8.04. The van der Waals surface area contributed by atoms with E-state index in [1.165, 1.54) is 0 Å². The van der Waals surface area contributed by atoms with Crippen molar-refractivity contribution < 1.29 is 9.59 Å². The molecule has 0 saturated carbocycles. The lowest BCUT2D eigenvalue weighted by molar-refractivity contribution is -0.128. The third-order valence-corrected chi connectivity index (χ3v) is 3.97. The van der Waals surface area contributed by atoms with E-state index in [0.717, 1.165) is 11.1 Å². The van der Waals surface area contributed by atoms with Gasteiger partial charge in [0.05, 0.1) is 18.2 Å². The number of rotatable bonds is 6. The average Bonchev–Trinajstić information content (AvgIpc) is 2.59.